The summed E-state index contributed by atoms with van der Waals surface area (Å²) in [5, 5.41) is 0. The number of nitrogens with two attached hydrogens (primary N) is 2. The summed E-state index contributed by atoms with van der Waals surface area (Å²) in [4.78, 5) is 0. The lowest BCUT2D eigenvalue weighted by Gasteiger charge is -2.28. The summed E-state index contributed by atoms with van der Waals surface area (Å²) in [5.41, 5.74) is 11.2. The highest BCUT2D eigenvalue weighted by molar-refractivity contribution is 4.74. The Kier molecular flexibility index (Phi) is 2.69. The van der Waals surface area contributed by atoms with E-state index in [0.717, 1.165) is 5.92 Å². The SMILES string of the molecule is CC1CCC(C(N)N)CC1. The summed E-state index contributed by atoms with van der Waals surface area (Å²) in [6, 6.07) is 0. The van der Waals surface area contributed by atoms with Crippen molar-refractivity contribution < 1.29 is 0 Å². The minimum atomic E-state index is -0.0764. The van der Waals surface area contributed by atoms with Crippen LogP contribution in [0, 0.1) is 11.8 Å². The van der Waals surface area contributed by atoms with Gasteiger partial charge in [0.25, 0.3) is 0 Å². The van der Waals surface area contributed by atoms with Crippen LogP contribution in [-0.4, -0.2) is 6.17 Å². The molecule has 2 nitrogen and oxygen atoms in total. The highest BCUT2D eigenvalue weighted by Gasteiger charge is 2.20. The van der Waals surface area contributed by atoms with E-state index < -0.39 is 0 Å². The topological polar surface area (TPSA) is 52.0 Å². The Morgan fingerprint density at radius 2 is 1.60 bits per heavy atom. The molecule has 2 heteroatoms. The van der Waals surface area contributed by atoms with Crippen molar-refractivity contribution in [1.82, 2.24) is 0 Å². The van der Waals surface area contributed by atoms with E-state index in [1.165, 1.54) is 25.7 Å². The molecule has 0 atom stereocenters. The lowest BCUT2D eigenvalue weighted by molar-refractivity contribution is 0.257. The fourth-order valence-corrected chi connectivity index (χ4v) is 1.67. The molecule has 0 aromatic carbocycles. The van der Waals surface area contributed by atoms with Crippen LogP contribution in [-0.2, 0) is 0 Å². The largest absolute Gasteiger partial charge is 0.316 e. The Hall–Kier alpha value is -0.0800. The van der Waals surface area contributed by atoms with Gasteiger partial charge >= 0.3 is 0 Å². The average molecular weight is 142 g/mol. The highest BCUT2D eigenvalue weighted by Crippen LogP contribution is 2.28. The second-order valence-corrected chi connectivity index (χ2v) is 3.60. The summed E-state index contributed by atoms with van der Waals surface area (Å²) in [5.74, 6) is 1.49. The molecule has 0 aromatic heterocycles. The van der Waals surface area contributed by atoms with Crippen molar-refractivity contribution in [2.75, 3.05) is 0 Å². The summed E-state index contributed by atoms with van der Waals surface area (Å²) >= 11 is 0. The van der Waals surface area contributed by atoms with Gasteiger partial charge in [0.2, 0.25) is 0 Å². The van der Waals surface area contributed by atoms with Gasteiger partial charge < -0.3 is 11.5 Å². The van der Waals surface area contributed by atoms with Crippen LogP contribution in [0.1, 0.15) is 32.6 Å². The lowest BCUT2D eigenvalue weighted by Crippen LogP contribution is -2.40. The van der Waals surface area contributed by atoms with E-state index in [9.17, 15) is 0 Å². The molecule has 0 aromatic rings. The van der Waals surface area contributed by atoms with E-state index in [4.69, 9.17) is 11.5 Å². The van der Waals surface area contributed by atoms with Crippen LogP contribution in [0.4, 0.5) is 0 Å². The highest BCUT2D eigenvalue weighted by atomic mass is 14.9. The van der Waals surface area contributed by atoms with Crippen molar-refractivity contribution in [2.24, 2.45) is 23.3 Å². The van der Waals surface area contributed by atoms with E-state index in [-0.39, 0.29) is 6.17 Å². The van der Waals surface area contributed by atoms with Gasteiger partial charge in [-0.3, -0.25) is 0 Å². The number of hydrogen-bond acceptors (Lipinski definition) is 2. The Morgan fingerprint density at radius 3 is 2.00 bits per heavy atom. The molecule has 10 heavy (non-hydrogen) atoms. The summed E-state index contributed by atoms with van der Waals surface area (Å²) in [6.45, 7) is 2.30. The van der Waals surface area contributed by atoms with Crippen molar-refractivity contribution in [1.29, 1.82) is 0 Å². The van der Waals surface area contributed by atoms with Crippen molar-refractivity contribution in [3.8, 4) is 0 Å². The monoisotopic (exact) mass is 142 g/mol. The van der Waals surface area contributed by atoms with E-state index in [0.29, 0.717) is 5.92 Å². The van der Waals surface area contributed by atoms with Crippen LogP contribution >= 0.6 is 0 Å². The van der Waals surface area contributed by atoms with Gasteiger partial charge in [-0.2, -0.15) is 0 Å². The first-order valence-corrected chi connectivity index (χ1v) is 4.21. The first-order valence-electron chi connectivity index (χ1n) is 4.21. The first-order chi connectivity index (χ1) is 4.70. The molecule has 0 radical (unpaired) electrons. The third kappa shape index (κ3) is 1.96. The van der Waals surface area contributed by atoms with Gasteiger partial charge in [0.15, 0.2) is 0 Å². The smallest absolute Gasteiger partial charge is 0.0549 e. The first kappa shape index (κ1) is 8.02. The Morgan fingerprint density at radius 1 is 1.10 bits per heavy atom. The Balaban J connectivity index is 2.26. The minimum absolute atomic E-state index is 0.0764. The maximum Gasteiger partial charge on any atom is 0.0549 e. The van der Waals surface area contributed by atoms with Crippen LogP contribution in [0.5, 0.6) is 0 Å². The van der Waals surface area contributed by atoms with Gasteiger partial charge in [-0.25, -0.2) is 0 Å². The Labute approximate surface area is 63.0 Å². The molecule has 1 saturated carbocycles. The summed E-state index contributed by atoms with van der Waals surface area (Å²) < 4.78 is 0. The molecule has 1 fully saturated rings. The molecule has 0 amide bonds. The molecule has 0 spiro atoms. The second-order valence-electron chi connectivity index (χ2n) is 3.60. The molecule has 0 unspecified atom stereocenters. The van der Waals surface area contributed by atoms with Gasteiger partial charge in [0, 0.05) is 0 Å². The van der Waals surface area contributed by atoms with Gasteiger partial charge in [-0.15, -0.1) is 0 Å². The van der Waals surface area contributed by atoms with Gasteiger partial charge in [0.05, 0.1) is 6.17 Å². The van der Waals surface area contributed by atoms with E-state index in [1.54, 1.807) is 0 Å². The van der Waals surface area contributed by atoms with Gasteiger partial charge in [-0.1, -0.05) is 19.8 Å². The molecule has 4 N–H and O–H groups in total. The summed E-state index contributed by atoms with van der Waals surface area (Å²) in [7, 11) is 0. The molecule has 0 aliphatic heterocycles. The van der Waals surface area contributed by atoms with Crippen molar-refractivity contribution in [2.45, 2.75) is 38.8 Å². The quantitative estimate of drug-likeness (QED) is 0.538. The van der Waals surface area contributed by atoms with Crippen LogP contribution in [0.3, 0.4) is 0 Å². The molecule has 60 valence electrons. The van der Waals surface area contributed by atoms with E-state index in [2.05, 4.69) is 6.92 Å². The maximum atomic E-state index is 5.59. The van der Waals surface area contributed by atoms with Crippen LogP contribution in [0.2, 0.25) is 0 Å². The lowest BCUT2D eigenvalue weighted by atomic mass is 9.82. The molecule has 0 bridgehead atoms. The Bertz CT molecular complexity index is 93.4. The van der Waals surface area contributed by atoms with Crippen molar-refractivity contribution >= 4 is 0 Å². The third-order valence-corrected chi connectivity index (χ3v) is 2.60. The third-order valence-electron chi connectivity index (χ3n) is 2.60. The van der Waals surface area contributed by atoms with E-state index in [1.807, 2.05) is 0 Å². The predicted molar refractivity (Wildman–Crippen MR) is 43.3 cm³/mol. The molecular formula is C8H18N2. The fraction of sp³-hybridized carbons (Fsp3) is 1.00. The fourth-order valence-electron chi connectivity index (χ4n) is 1.67. The maximum absolute atomic E-state index is 5.59. The van der Waals surface area contributed by atoms with Crippen LogP contribution in [0.15, 0.2) is 0 Å². The molecular weight excluding hydrogens is 124 g/mol. The standard InChI is InChI=1S/C8H18N2/c1-6-2-4-7(5-3-6)8(9)10/h6-8H,2-5,9-10H2,1H3. The second kappa shape index (κ2) is 3.35. The molecule has 1 rings (SSSR count). The number of hydrogen-bond donors (Lipinski definition) is 2. The zero-order valence-corrected chi connectivity index (χ0v) is 6.72. The molecule has 1 aliphatic carbocycles. The van der Waals surface area contributed by atoms with Crippen molar-refractivity contribution in [3.63, 3.8) is 0 Å². The minimum Gasteiger partial charge on any atom is -0.316 e. The van der Waals surface area contributed by atoms with Gasteiger partial charge in [0.1, 0.15) is 0 Å². The predicted octanol–water partition coefficient (Wildman–Crippen LogP) is 1.06. The normalized spacial score (nSPS) is 34.8. The molecule has 0 heterocycles. The number of rotatable bonds is 1. The van der Waals surface area contributed by atoms with E-state index >= 15 is 0 Å². The summed E-state index contributed by atoms with van der Waals surface area (Å²) in [6.07, 6.45) is 5.02. The zero-order valence-electron chi connectivity index (χ0n) is 6.72. The molecule has 0 saturated heterocycles. The molecule has 1 aliphatic rings. The van der Waals surface area contributed by atoms with Crippen LogP contribution < -0.4 is 11.5 Å². The van der Waals surface area contributed by atoms with Gasteiger partial charge in [-0.05, 0) is 24.7 Å². The van der Waals surface area contributed by atoms with Crippen molar-refractivity contribution in [3.05, 3.63) is 0 Å². The zero-order chi connectivity index (χ0) is 7.56. The average Bonchev–Trinajstić information content (AvgIpc) is 1.88. The van der Waals surface area contributed by atoms with Crippen LogP contribution in [0.25, 0.3) is 0 Å².